The summed E-state index contributed by atoms with van der Waals surface area (Å²) in [6.07, 6.45) is 0.435. The SMILES string of the molecule is CCNC(=NCc1ccc(NC(=O)NC(C)C)cc1)NCCC(=O)N(CC)CC. The Kier molecular flexibility index (Phi) is 11.2. The maximum Gasteiger partial charge on any atom is 0.319 e. The standard InChI is InChI=1S/C21H36N6O2/c1-6-22-20(23-14-13-19(28)27(7-2)8-3)24-15-17-9-11-18(12-10-17)26-21(29)25-16(4)5/h9-12,16H,6-8,13-15H2,1-5H3,(H2,22,23,24)(H2,25,26,29). The third-order valence-corrected chi connectivity index (χ3v) is 4.14. The van der Waals surface area contributed by atoms with Gasteiger partial charge in [0.25, 0.3) is 0 Å². The molecule has 0 spiro atoms. The Balaban J connectivity index is 2.55. The third-order valence-electron chi connectivity index (χ3n) is 4.14. The quantitative estimate of drug-likeness (QED) is 0.356. The van der Waals surface area contributed by atoms with E-state index >= 15 is 0 Å². The maximum atomic E-state index is 12.1. The lowest BCUT2D eigenvalue weighted by Gasteiger charge is -2.19. The predicted octanol–water partition coefficient (Wildman–Crippen LogP) is 2.53. The van der Waals surface area contributed by atoms with E-state index in [2.05, 4.69) is 26.3 Å². The first-order valence-corrected chi connectivity index (χ1v) is 10.4. The molecule has 0 saturated carbocycles. The Morgan fingerprint density at radius 1 is 1.03 bits per heavy atom. The average Bonchev–Trinajstić information content (AvgIpc) is 2.67. The van der Waals surface area contributed by atoms with Gasteiger partial charge >= 0.3 is 6.03 Å². The number of nitrogens with one attached hydrogen (secondary N) is 4. The predicted molar refractivity (Wildman–Crippen MR) is 119 cm³/mol. The third kappa shape index (κ3) is 9.82. The number of anilines is 1. The molecule has 0 unspecified atom stereocenters. The molecule has 29 heavy (non-hydrogen) atoms. The fourth-order valence-corrected chi connectivity index (χ4v) is 2.66. The fraction of sp³-hybridized carbons (Fsp3) is 0.571. The lowest BCUT2D eigenvalue weighted by atomic mass is 10.2. The summed E-state index contributed by atoms with van der Waals surface area (Å²) in [6, 6.07) is 7.44. The summed E-state index contributed by atoms with van der Waals surface area (Å²) in [5.41, 5.74) is 1.76. The van der Waals surface area contributed by atoms with E-state index < -0.39 is 0 Å². The minimum absolute atomic E-state index is 0.0860. The lowest BCUT2D eigenvalue weighted by molar-refractivity contribution is -0.130. The Morgan fingerprint density at radius 2 is 1.69 bits per heavy atom. The summed E-state index contributed by atoms with van der Waals surface area (Å²) in [6.45, 7) is 13.0. The highest BCUT2D eigenvalue weighted by Crippen LogP contribution is 2.10. The van der Waals surface area contributed by atoms with Crippen LogP contribution in [0.3, 0.4) is 0 Å². The molecule has 1 aromatic rings. The van der Waals surface area contributed by atoms with Crippen LogP contribution in [0.1, 0.15) is 46.6 Å². The van der Waals surface area contributed by atoms with Crippen LogP contribution in [0.15, 0.2) is 29.3 Å². The first-order chi connectivity index (χ1) is 13.9. The van der Waals surface area contributed by atoms with Crippen molar-refractivity contribution >= 4 is 23.6 Å². The number of hydrogen-bond donors (Lipinski definition) is 4. The molecule has 0 saturated heterocycles. The van der Waals surface area contributed by atoms with Crippen molar-refractivity contribution in [2.45, 2.75) is 53.6 Å². The monoisotopic (exact) mass is 404 g/mol. The first kappa shape index (κ1) is 24.3. The van der Waals surface area contributed by atoms with Crippen molar-refractivity contribution < 1.29 is 9.59 Å². The van der Waals surface area contributed by atoms with Crippen LogP contribution >= 0.6 is 0 Å². The first-order valence-electron chi connectivity index (χ1n) is 10.4. The van der Waals surface area contributed by atoms with E-state index in [9.17, 15) is 9.59 Å². The Labute approximate surface area is 174 Å². The van der Waals surface area contributed by atoms with Gasteiger partial charge < -0.3 is 26.2 Å². The van der Waals surface area contributed by atoms with Crippen LogP contribution < -0.4 is 21.3 Å². The van der Waals surface area contributed by atoms with Crippen LogP contribution in [-0.2, 0) is 11.3 Å². The van der Waals surface area contributed by atoms with Crippen molar-refractivity contribution in [3.63, 3.8) is 0 Å². The maximum absolute atomic E-state index is 12.1. The van der Waals surface area contributed by atoms with Gasteiger partial charge in [-0.1, -0.05) is 12.1 Å². The average molecular weight is 405 g/mol. The van der Waals surface area contributed by atoms with Crippen molar-refractivity contribution in [1.29, 1.82) is 0 Å². The number of benzene rings is 1. The second kappa shape index (κ2) is 13.4. The molecule has 0 fully saturated rings. The molecule has 0 aliphatic carbocycles. The Hall–Kier alpha value is -2.77. The smallest absolute Gasteiger partial charge is 0.319 e. The number of carbonyl (C=O) groups is 2. The van der Waals surface area contributed by atoms with Crippen LogP contribution in [0.5, 0.6) is 0 Å². The molecular formula is C21H36N6O2. The summed E-state index contributed by atoms with van der Waals surface area (Å²) in [4.78, 5) is 30.2. The zero-order chi connectivity index (χ0) is 21.6. The van der Waals surface area contributed by atoms with E-state index in [0.29, 0.717) is 25.5 Å². The molecule has 1 aromatic carbocycles. The number of amides is 3. The van der Waals surface area contributed by atoms with Crippen LogP contribution in [0.2, 0.25) is 0 Å². The van der Waals surface area contributed by atoms with Gasteiger partial charge in [0.15, 0.2) is 5.96 Å². The van der Waals surface area contributed by atoms with E-state index in [1.807, 2.05) is 63.8 Å². The van der Waals surface area contributed by atoms with E-state index in [1.165, 1.54) is 0 Å². The number of aliphatic imine (C=N–C) groups is 1. The molecule has 4 N–H and O–H groups in total. The van der Waals surface area contributed by atoms with Gasteiger partial charge in [0, 0.05) is 44.3 Å². The Bertz CT molecular complexity index is 654. The zero-order valence-electron chi connectivity index (χ0n) is 18.3. The highest BCUT2D eigenvalue weighted by molar-refractivity contribution is 5.89. The summed E-state index contributed by atoms with van der Waals surface area (Å²) >= 11 is 0. The van der Waals surface area contributed by atoms with E-state index in [4.69, 9.17) is 0 Å². The summed E-state index contributed by atoms with van der Waals surface area (Å²) in [7, 11) is 0. The van der Waals surface area contributed by atoms with Crippen molar-refractivity contribution in [1.82, 2.24) is 20.9 Å². The molecule has 1 rings (SSSR count). The molecule has 0 bridgehead atoms. The van der Waals surface area contributed by atoms with Crippen molar-refractivity contribution in [2.24, 2.45) is 4.99 Å². The van der Waals surface area contributed by atoms with Crippen molar-refractivity contribution in [2.75, 3.05) is 31.5 Å². The van der Waals surface area contributed by atoms with E-state index in [0.717, 1.165) is 30.9 Å². The highest BCUT2D eigenvalue weighted by atomic mass is 16.2. The second-order valence-corrected chi connectivity index (χ2v) is 6.89. The Morgan fingerprint density at radius 3 is 2.24 bits per heavy atom. The number of carbonyl (C=O) groups excluding carboxylic acids is 2. The number of hydrogen-bond acceptors (Lipinski definition) is 3. The van der Waals surface area contributed by atoms with Crippen LogP contribution in [0.25, 0.3) is 0 Å². The summed E-state index contributed by atoms with van der Waals surface area (Å²) < 4.78 is 0. The highest BCUT2D eigenvalue weighted by Gasteiger charge is 2.09. The molecule has 0 aliphatic rings. The minimum atomic E-state index is -0.219. The molecular weight excluding hydrogens is 368 g/mol. The van der Waals surface area contributed by atoms with Gasteiger partial charge in [0.05, 0.1) is 6.54 Å². The molecule has 8 heteroatoms. The van der Waals surface area contributed by atoms with E-state index in [-0.39, 0.29) is 18.0 Å². The number of nitrogens with zero attached hydrogens (tertiary/aromatic N) is 2. The number of urea groups is 1. The van der Waals surface area contributed by atoms with Crippen LogP contribution in [0, 0.1) is 0 Å². The molecule has 0 atom stereocenters. The fourth-order valence-electron chi connectivity index (χ4n) is 2.66. The normalized spacial score (nSPS) is 11.2. The van der Waals surface area contributed by atoms with Gasteiger partial charge in [0.2, 0.25) is 5.91 Å². The van der Waals surface area contributed by atoms with Gasteiger partial charge in [-0.2, -0.15) is 0 Å². The number of guanidine groups is 1. The zero-order valence-corrected chi connectivity index (χ0v) is 18.3. The summed E-state index contributed by atoms with van der Waals surface area (Å²) in [5, 5.41) is 12.0. The number of rotatable bonds is 10. The molecule has 3 amide bonds. The second-order valence-electron chi connectivity index (χ2n) is 6.89. The molecule has 0 radical (unpaired) electrons. The molecule has 0 aromatic heterocycles. The lowest BCUT2D eigenvalue weighted by Crippen LogP contribution is -2.40. The van der Waals surface area contributed by atoms with Crippen molar-refractivity contribution in [3.05, 3.63) is 29.8 Å². The molecule has 8 nitrogen and oxygen atoms in total. The van der Waals surface area contributed by atoms with Crippen LogP contribution in [0.4, 0.5) is 10.5 Å². The largest absolute Gasteiger partial charge is 0.357 e. The van der Waals surface area contributed by atoms with Gasteiger partial charge in [-0.3, -0.25) is 4.79 Å². The molecule has 0 aliphatic heterocycles. The van der Waals surface area contributed by atoms with Gasteiger partial charge in [-0.15, -0.1) is 0 Å². The topological polar surface area (TPSA) is 97.9 Å². The molecule has 0 heterocycles. The van der Waals surface area contributed by atoms with Gasteiger partial charge in [0.1, 0.15) is 0 Å². The minimum Gasteiger partial charge on any atom is -0.357 e. The summed E-state index contributed by atoms with van der Waals surface area (Å²) in [5.74, 6) is 0.821. The van der Waals surface area contributed by atoms with Crippen molar-refractivity contribution in [3.8, 4) is 0 Å². The molecule has 162 valence electrons. The van der Waals surface area contributed by atoms with E-state index in [1.54, 1.807) is 0 Å². The van der Waals surface area contributed by atoms with Gasteiger partial charge in [-0.05, 0) is 52.3 Å². The van der Waals surface area contributed by atoms with Gasteiger partial charge in [-0.25, -0.2) is 9.79 Å². The van der Waals surface area contributed by atoms with Crippen LogP contribution in [-0.4, -0.2) is 55.0 Å².